The number of carbonyl (C=O) groups is 1. The average molecular weight is 270 g/mol. The van der Waals surface area contributed by atoms with Crippen molar-refractivity contribution in [2.45, 2.75) is 18.9 Å². The molecule has 1 aliphatic rings. The standard InChI is InChI=1S/C13H16ClNO3/c1-17-10-4-3-8(7-9(10)14)11(15)13(5-6-13)12(16)18-2/h3-4,7,11H,5-6,15H2,1-2H3. The molecule has 1 atom stereocenters. The van der Waals surface area contributed by atoms with Crippen molar-refractivity contribution in [3.8, 4) is 5.75 Å². The molecule has 0 bridgehead atoms. The second-order valence-electron chi connectivity index (χ2n) is 4.52. The molecular weight excluding hydrogens is 254 g/mol. The van der Waals surface area contributed by atoms with Crippen LogP contribution in [0.1, 0.15) is 24.4 Å². The molecule has 0 heterocycles. The predicted octanol–water partition coefficient (Wildman–Crippen LogP) is 2.30. The Morgan fingerprint density at radius 3 is 2.56 bits per heavy atom. The Bertz CT molecular complexity index is 471. The van der Waals surface area contributed by atoms with E-state index in [4.69, 9.17) is 26.8 Å². The van der Waals surface area contributed by atoms with Crippen molar-refractivity contribution < 1.29 is 14.3 Å². The molecule has 5 heteroatoms. The van der Waals surface area contributed by atoms with Gasteiger partial charge in [0.1, 0.15) is 5.75 Å². The highest BCUT2D eigenvalue weighted by Crippen LogP contribution is 2.55. The van der Waals surface area contributed by atoms with Crippen LogP contribution in [0.4, 0.5) is 0 Å². The molecule has 2 N–H and O–H groups in total. The molecule has 1 aromatic carbocycles. The summed E-state index contributed by atoms with van der Waals surface area (Å²) in [4.78, 5) is 11.8. The van der Waals surface area contributed by atoms with E-state index in [9.17, 15) is 4.79 Å². The molecule has 1 fully saturated rings. The summed E-state index contributed by atoms with van der Waals surface area (Å²) in [6.07, 6.45) is 1.51. The van der Waals surface area contributed by atoms with Crippen molar-refractivity contribution in [1.82, 2.24) is 0 Å². The van der Waals surface area contributed by atoms with Crippen molar-refractivity contribution in [3.63, 3.8) is 0 Å². The van der Waals surface area contributed by atoms with Crippen LogP contribution in [0.5, 0.6) is 5.75 Å². The number of hydrogen-bond acceptors (Lipinski definition) is 4. The monoisotopic (exact) mass is 269 g/mol. The van der Waals surface area contributed by atoms with Crippen LogP contribution in [-0.4, -0.2) is 20.2 Å². The summed E-state index contributed by atoms with van der Waals surface area (Å²) in [5.41, 5.74) is 6.42. The lowest BCUT2D eigenvalue weighted by atomic mass is 9.91. The largest absolute Gasteiger partial charge is 0.495 e. The number of ether oxygens (including phenoxy) is 2. The summed E-state index contributed by atoms with van der Waals surface area (Å²) in [5.74, 6) is 0.345. The molecule has 0 radical (unpaired) electrons. The topological polar surface area (TPSA) is 61.5 Å². The summed E-state index contributed by atoms with van der Waals surface area (Å²) in [7, 11) is 2.94. The minimum absolute atomic E-state index is 0.248. The van der Waals surface area contributed by atoms with Gasteiger partial charge in [-0.3, -0.25) is 4.79 Å². The summed E-state index contributed by atoms with van der Waals surface area (Å²) < 4.78 is 9.90. The van der Waals surface area contributed by atoms with Crippen LogP contribution in [0.25, 0.3) is 0 Å². The maximum absolute atomic E-state index is 11.8. The number of esters is 1. The van der Waals surface area contributed by atoms with Gasteiger partial charge in [-0.1, -0.05) is 17.7 Å². The van der Waals surface area contributed by atoms with Crippen LogP contribution in [0.3, 0.4) is 0 Å². The molecule has 0 amide bonds. The molecule has 18 heavy (non-hydrogen) atoms. The Balaban J connectivity index is 2.27. The van der Waals surface area contributed by atoms with Gasteiger partial charge in [0, 0.05) is 6.04 Å². The number of carbonyl (C=O) groups excluding carboxylic acids is 1. The zero-order valence-corrected chi connectivity index (χ0v) is 11.2. The number of methoxy groups -OCH3 is 2. The molecule has 1 unspecified atom stereocenters. The Kier molecular flexibility index (Phi) is 3.50. The molecular formula is C13H16ClNO3. The number of benzene rings is 1. The third-order valence-electron chi connectivity index (χ3n) is 3.51. The van der Waals surface area contributed by atoms with E-state index in [1.807, 2.05) is 6.07 Å². The van der Waals surface area contributed by atoms with Crippen LogP contribution in [0.15, 0.2) is 18.2 Å². The lowest BCUT2D eigenvalue weighted by Gasteiger charge is -2.21. The van der Waals surface area contributed by atoms with Crippen LogP contribution in [-0.2, 0) is 9.53 Å². The highest BCUT2D eigenvalue weighted by molar-refractivity contribution is 6.32. The molecule has 4 nitrogen and oxygen atoms in total. The predicted molar refractivity (Wildman–Crippen MR) is 68.6 cm³/mol. The van der Waals surface area contributed by atoms with Crippen molar-refractivity contribution in [3.05, 3.63) is 28.8 Å². The first-order chi connectivity index (χ1) is 8.55. The van der Waals surface area contributed by atoms with Gasteiger partial charge >= 0.3 is 5.97 Å². The molecule has 0 saturated heterocycles. The fraction of sp³-hybridized carbons (Fsp3) is 0.462. The van der Waals surface area contributed by atoms with Crippen molar-refractivity contribution in [2.75, 3.05) is 14.2 Å². The van der Waals surface area contributed by atoms with Crippen LogP contribution < -0.4 is 10.5 Å². The normalized spacial score (nSPS) is 18.0. The fourth-order valence-corrected chi connectivity index (χ4v) is 2.44. The van der Waals surface area contributed by atoms with Gasteiger partial charge in [0.05, 0.1) is 24.7 Å². The van der Waals surface area contributed by atoms with Gasteiger partial charge in [-0.15, -0.1) is 0 Å². The summed E-state index contributed by atoms with van der Waals surface area (Å²) >= 11 is 6.06. The first kappa shape index (κ1) is 13.2. The van der Waals surface area contributed by atoms with E-state index in [2.05, 4.69) is 0 Å². The van der Waals surface area contributed by atoms with E-state index < -0.39 is 11.5 Å². The van der Waals surface area contributed by atoms with Gasteiger partial charge in [-0.05, 0) is 30.5 Å². The third kappa shape index (κ3) is 2.06. The molecule has 0 aliphatic heterocycles. The van der Waals surface area contributed by atoms with Crippen molar-refractivity contribution in [1.29, 1.82) is 0 Å². The van der Waals surface area contributed by atoms with Gasteiger partial charge in [-0.25, -0.2) is 0 Å². The number of halogens is 1. The van der Waals surface area contributed by atoms with Crippen molar-refractivity contribution in [2.24, 2.45) is 11.1 Å². The van der Waals surface area contributed by atoms with Gasteiger partial charge < -0.3 is 15.2 Å². The Morgan fingerprint density at radius 1 is 1.44 bits per heavy atom. The fourth-order valence-electron chi connectivity index (χ4n) is 2.18. The van der Waals surface area contributed by atoms with Crippen LogP contribution in [0.2, 0.25) is 5.02 Å². The van der Waals surface area contributed by atoms with E-state index in [1.165, 1.54) is 7.11 Å². The van der Waals surface area contributed by atoms with Crippen molar-refractivity contribution >= 4 is 17.6 Å². The van der Waals surface area contributed by atoms with E-state index in [1.54, 1.807) is 19.2 Å². The molecule has 1 aromatic rings. The van der Waals surface area contributed by atoms with Crippen LogP contribution in [0, 0.1) is 5.41 Å². The minimum atomic E-state index is -0.577. The molecule has 0 aromatic heterocycles. The Labute approximate surface area is 111 Å². The van der Waals surface area contributed by atoms with Crippen LogP contribution >= 0.6 is 11.6 Å². The SMILES string of the molecule is COC(=O)C1(C(N)c2ccc(OC)c(Cl)c2)CC1. The average Bonchev–Trinajstić information content (AvgIpc) is 3.18. The second kappa shape index (κ2) is 4.78. The molecule has 0 spiro atoms. The number of rotatable bonds is 4. The Hall–Kier alpha value is -1.26. The van der Waals surface area contributed by atoms with Gasteiger partial charge in [0.25, 0.3) is 0 Å². The van der Waals surface area contributed by atoms with Gasteiger partial charge in [0.15, 0.2) is 0 Å². The molecule has 1 saturated carbocycles. The zero-order chi connectivity index (χ0) is 13.3. The lowest BCUT2D eigenvalue weighted by Crippen LogP contribution is -2.31. The summed E-state index contributed by atoms with van der Waals surface area (Å²) in [6.45, 7) is 0. The quantitative estimate of drug-likeness (QED) is 0.852. The van der Waals surface area contributed by atoms with E-state index in [0.717, 1.165) is 18.4 Å². The van der Waals surface area contributed by atoms with E-state index in [0.29, 0.717) is 10.8 Å². The highest BCUT2D eigenvalue weighted by Gasteiger charge is 2.56. The number of hydrogen-bond donors (Lipinski definition) is 1. The van der Waals surface area contributed by atoms with Gasteiger partial charge in [-0.2, -0.15) is 0 Å². The number of nitrogens with two attached hydrogens (primary N) is 1. The maximum atomic E-state index is 11.8. The highest BCUT2D eigenvalue weighted by atomic mass is 35.5. The lowest BCUT2D eigenvalue weighted by molar-refractivity contribution is -0.148. The Morgan fingerprint density at radius 2 is 2.11 bits per heavy atom. The smallest absolute Gasteiger partial charge is 0.313 e. The molecule has 1 aliphatic carbocycles. The third-order valence-corrected chi connectivity index (χ3v) is 3.81. The minimum Gasteiger partial charge on any atom is -0.495 e. The van der Waals surface area contributed by atoms with E-state index in [-0.39, 0.29) is 5.97 Å². The zero-order valence-electron chi connectivity index (χ0n) is 10.4. The maximum Gasteiger partial charge on any atom is 0.313 e. The summed E-state index contributed by atoms with van der Waals surface area (Å²) in [5, 5.41) is 0.492. The van der Waals surface area contributed by atoms with E-state index >= 15 is 0 Å². The summed E-state index contributed by atoms with van der Waals surface area (Å²) in [6, 6.07) is 4.94. The molecule has 98 valence electrons. The van der Waals surface area contributed by atoms with Gasteiger partial charge in [0.2, 0.25) is 0 Å². The first-order valence-corrected chi connectivity index (χ1v) is 6.10. The first-order valence-electron chi connectivity index (χ1n) is 5.72. The molecule has 2 rings (SSSR count). The second-order valence-corrected chi connectivity index (χ2v) is 4.93.